The van der Waals surface area contributed by atoms with Crippen molar-refractivity contribution in [2.45, 2.75) is 25.4 Å². The van der Waals surface area contributed by atoms with Gasteiger partial charge in [-0.1, -0.05) is 36.4 Å². The first-order valence-corrected chi connectivity index (χ1v) is 8.02. The number of hydrogen-bond acceptors (Lipinski definition) is 3. The molecule has 0 aliphatic heterocycles. The van der Waals surface area contributed by atoms with Gasteiger partial charge < -0.3 is 20.1 Å². The van der Waals surface area contributed by atoms with Crippen LogP contribution in [0, 0.1) is 0 Å². The number of ether oxygens (including phenoxy) is 2. The Morgan fingerprint density at radius 3 is 2.38 bits per heavy atom. The van der Waals surface area contributed by atoms with Crippen LogP contribution in [0.2, 0.25) is 0 Å². The summed E-state index contributed by atoms with van der Waals surface area (Å²) in [6.45, 7) is 0.381. The molecule has 0 heterocycles. The molecule has 2 aromatic rings. The number of amides is 2. The maximum absolute atomic E-state index is 12.2. The van der Waals surface area contributed by atoms with E-state index in [0.717, 1.165) is 18.4 Å². The van der Waals surface area contributed by atoms with Gasteiger partial charge in [-0.15, -0.1) is 0 Å². The summed E-state index contributed by atoms with van der Waals surface area (Å²) in [6, 6.07) is 13.9. The molecule has 0 atom stereocenters. The Hall–Kier alpha value is -2.69. The number of rotatable bonds is 5. The zero-order valence-corrected chi connectivity index (χ0v) is 14.0. The topological polar surface area (TPSA) is 59.6 Å². The average Bonchev–Trinajstić information content (AvgIpc) is 3.01. The third-order valence-electron chi connectivity index (χ3n) is 4.31. The number of methoxy groups -OCH3 is 2. The van der Waals surface area contributed by atoms with Gasteiger partial charge in [0, 0.05) is 18.2 Å². The van der Waals surface area contributed by atoms with Crippen molar-refractivity contribution < 1.29 is 14.3 Å². The van der Waals surface area contributed by atoms with Gasteiger partial charge in [0.1, 0.15) is 0 Å². The van der Waals surface area contributed by atoms with Crippen LogP contribution in [-0.2, 0) is 19.4 Å². The van der Waals surface area contributed by atoms with Gasteiger partial charge in [-0.2, -0.15) is 0 Å². The van der Waals surface area contributed by atoms with Crippen LogP contribution in [0.3, 0.4) is 0 Å². The lowest BCUT2D eigenvalue weighted by molar-refractivity contribution is 0.236. The van der Waals surface area contributed by atoms with Gasteiger partial charge >= 0.3 is 6.03 Å². The molecule has 24 heavy (non-hydrogen) atoms. The second-order valence-corrected chi connectivity index (χ2v) is 5.85. The molecule has 2 amide bonds. The SMILES string of the molecule is COc1cccc(CNC(=O)NC2Cc3ccccc3C2)c1OC. The van der Waals surface area contributed by atoms with Crippen LogP contribution in [-0.4, -0.2) is 26.3 Å². The largest absolute Gasteiger partial charge is 0.493 e. The number of fused-ring (bicyclic) bond motifs is 1. The van der Waals surface area contributed by atoms with Crippen molar-refractivity contribution in [1.82, 2.24) is 10.6 Å². The summed E-state index contributed by atoms with van der Waals surface area (Å²) in [5, 5.41) is 5.93. The summed E-state index contributed by atoms with van der Waals surface area (Å²) in [4.78, 5) is 12.2. The third kappa shape index (κ3) is 3.45. The minimum atomic E-state index is -0.169. The molecule has 2 N–H and O–H groups in total. The molecule has 3 rings (SSSR count). The van der Waals surface area contributed by atoms with E-state index in [1.165, 1.54) is 11.1 Å². The Kier molecular flexibility index (Phi) is 4.89. The maximum atomic E-state index is 12.2. The van der Waals surface area contributed by atoms with E-state index in [9.17, 15) is 4.79 Å². The first-order valence-electron chi connectivity index (χ1n) is 8.02. The molecule has 0 radical (unpaired) electrons. The highest BCUT2D eigenvalue weighted by Gasteiger charge is 2.22. The van der Waals surface area contributed by atoms with E-state index < -0.39 is 0 Å². The molecule has 0 bridgehead atoms. The summed E-state index contributed by atoms with van der Waals surface area (Å²) in [5.41, 5.74) is 3.51. The Bertz CT molecular complexity index is 705. The van der Waals surface area contributed by atoms with Crippen LogP contribution in [0.5, 0.6) is 11.5 Å². The number of nitrogens with one attached hydrogen (secondary N) is 2. The third-order valence-corrected chi connectivity index (χ3v) is 4.31. The summed E-state index contributed by atoms with van der Waals surface area (Å²) in [7, 11) is 3.19. The van der Waals surface area contributed by atoms with E-state index in [4.69, 9.17) is 9.47 Å². The predicted octanol–water partition coefficient (Wildman–Crippen LogP) is 2.67. The zero-order valence-electron chi connectivity index (χ0n) is 14.0. The standard InChI is InChI=1S/C19H22N2O3/c1-23-17-9-5-8-15(18(17)24-2)12-20-19(22)21-16-10-13-6-3-4-7-14(13)11-16/h3-9,16H,10-12H2,1-2H3,(H2,20,21,22). The molecule has 1 aliphatic rings. The Labute approximate surface area is 142 Å². The fourth-order valence-corrected chi connectivity index (χ4v) is 3.17. The Morgan fingerprint density at radius 2 is 1.75 bits per heavy atom. The monoisotopic (exact) mass is 326 g/mol. The van der Waals surface area contributed by atoms with Crippen molar-refractivity contribution in [2.24, 2.45) is 0 Å². The lowest BCUT2D eigenvalue weighted by atomic mass is 10.1. The average molecular weight is 326 g/mol. The van der Waals surface area contributed by atoms with Gasteiger partial charge in [0.25, 0.3) is 0 Å². The van der Waals surface area contributed by atoms with Crippen LogP contribution >= 0.6 is 0 Å². The van der Waals surface area contributed by atoms with Gasteiger partial charge in [0.05, 0.1) is 14.2 Å². The van der Waals surface area contributed by atoms with Gasteiger partial charge in [-0.25, -0.2) is 4.79 Å². The summed E-state index contributed by atoms with van der Waals surface area (Å²) < 4.78 is 10.7. The number of benzene rings is 2. The summed E-state index contributed by atoms with van der Waals surface area (Å²) >= 11 is 0. The summed E-state index contributed by atoms with van der Waals surface area (Å²) in [6.07, 6.45) is 1.76. The van der Waals surface area contributed by atoms with E-state index in [-0.39, 0.29) is 12.1 Å². The molecule has 0 saturated heterocycles. The highest BCUT2D eigenvalue weighted by molar-refractivity contribution is 5.74. The van der Waals surface area contributed by atoms with Crippen LogP contribution in [0.4, 0.5) is 4.79 Å². The molecule has 0 unspecified atom stereocenters. The fraction of sp³-hybridized carbons (Fsp3) is 0.316. The first kappa shape index (κ1) is 16.2. The molecule has 126 valence electrons. The number of carbonyl (C=O) groups excluding carboxylic acids is 1. The van der Waals surface area contributed by atoms with E-state index in [1.807, 2.05) is 30.3 Å². The molecule has 1 aliphatic carbocycles. The maximum Gasteiger partial charge on any atom is 0.315 e. The van der Waals surface area contributed by atoms with Crippen molar-refractivity contribution in [3.05, 3.63) is 59.2 Å². The van der Waals surface area contributed by atoms with Crippen molar-refractivity contribution >= 4 is 6.03 Å². The van der Waals surface area contributed by atoms with Gasteiger partial charge in [0.15, 0.2) is 11.5 Å². The Balaban J connectivity index is 1.56. The molecule has 2 aromatic carbocycles. The molecule has 0 spiro atoms. The summed E-state index contributed by atoms with van der Waals surface area (Å²) in [5.74, 6) is 1.30. The van der Waals surface area contributed by atoms with Crippen molar-refractivity contribution in [2.75, 3.05) is 14.2 Å². The van der Waals surface area contributed by atoms with Crippen molar-refractivity contribution in [3.8, 4) is 11.5 Å². The van der Waals surface area contributed by atoms with Crippen LogP contribution in [0.25, 0.3) is 0 Å². The number of urea groups is 1. The molecule has 5 nitrogen and oxygen atoms in total. The quantitative estimate of drug-likeness (QED) is 0.888. The molecular formula is C19H22N2O3. The smallest absolute Gasteiger partial charge is 0.315 e. The van der Waals surface area contributed by atoms with Crippen LogP contribution in [0.15, 0.2) is 42.5 Å². The van der Waals surface area contributed by atoms with Gasteiger partial charge in [-0.3, -0.25) is 0 Å². The van der Waals surface area contributed by atoms with Crippen molar-refractivity contribution in [1.29, 1.82) is 0 Å². The fourth-order valence-electron chi connectivity index (χ4n) is 3.17. The lowest BCUT2D eigenvalue weighted by Crippen LogP contribution is -2.42. The minimum Gasteiger partial charge on any atom is -0.493 e. The molecule has 0 aromatic heterocycles. The van der Waals surface area contributed by atoms with Crippen molar-refractivity contribution in [3.63, 3.8) is 0 Å². The number of carbonyl (C=O) groups is 1. The number of para-hydroxylation sites is 1. The predicted molar refractivity (Wildman–Crippen MR) is 92.6 cm³/mol. The molecule has 5 heteroatoms. The van der Waals surface area contributed by atoms with Gasteiger partial charge in [-0.05, 0) is 30.0 Å². The van der Waals surface area contributed by atoms with E-state index in [0.29, 0.717) is 18.0 Å². The second kappa shape index (κ2) is 7.25. The van der Waals surface area contributed by atoms with Gasteiger partial charge in [0.2, 0.25) is 0 Å². The first-order chi connectivity index (χ1) is 11.7. The second-order valence-electron chi connectivity index (χ2n) is 5.85. The zero-order chi connectivity index (χ0) is 16.9. The highest BCUT2D eigenvalue weighted by atomic mass is 16.5. The molecule has 0 saturated carbocycles. The normalized spacial score (nSPS) is 13.2. The lowest BCUT2D eigenvalue weighted by Gasteiger charge is -2.15. The molecule has 0 fully saturated rings. The Morgan fingerprint density at radius 1 is 1.04 bits per heavy atom. The van der Waals surface area contributed by atoms with Crippen LogP contribution < -0.4 is 20.1 Å². The van der Waals surface area contributed by atoms with E-state index in [1.54, 1.807) is 14.2 Å². The minimum absolute atomic E-state index is 0.148. The highest BCUT2D eigenvalue weighted by Crippen LogP contribution is 2.30. The molecular weight excluding hydrogens is 304 g/mol. The van der Waals surface area contributed by atoms with Crippen LogP contribution in [0.1, 0.15) is 16.7 Å². The van der Waals surface area contributed by atoms with E-state index in [2.05, 4.69) is 22.8 Å². The number of hydrogen-bond donors (Lipinski definition) is 2. The van der Waals surface area contributed by atoms with E-state index >= 15 is 0 Å².